The molecule has 0 rings (SSSR count). The minimum atomic E-state index is -4.33. The Kier molecular flexibility index (Phi) is 5.36. The van der Waals surface area contributed by atoms with Gasteiger partial charge in [0.25, 0.3) is 0 Å². The van der Waals surface area contributed by atoms with Crippen LogP contribution in [0.5, 0.6) is 0 Å². The summed E-state index contributed by atoms with van der Waals surface area (Å²) in [7, 11) is 1.20. The van der Waals surface area contributed by atoms with Gasteiger partial charge in [-0.25, -0.2) is 0 Å². The smallest absolute Gasteiger partial charge is 0.307 e. The largest absolute Gasteiger partial charge is 0.401 e. The molecule has 0 aromatic carbocycles. The van der Waals surface area contributed by atoms with E-state index in [-0.39, 0.29) is 13.1 Å². The second-order valence-electron chi connectivity index (χ2n) is 3.14. The van der Waals surface area contributed by atoms with Crippen LogP contribution in [0.2, 0.25) is 0 Å². The first kappa shape index (κ1) is 14.5. The zero-order valence-corrected chi connectivity index (χ0v) is 8.04. The highest BCUT2D eigenvalue weighted by Crippen LogP contribution is 2.15. The van der Waals surface area contributed by atoms with Crippen molar-refractivity contribution in [1.29, 1.82) is 0 Å². The number of rotatable bonds is 5. The lowest BCUT2D eigenvalue weighted by Crippen LogP contribution is -2.38. The molecular weight excluding hydrogens is 226 g/mol. The minimum absolute atomic E-state index is 0.0877. The van der Waals surface area contributed by atoms with Crippen LogP contribution < -0.4 is 5.32 Å². The van der Waals surface area contributed by atoms with Gasteiger partial charge in [-0.1, -0.05) is 0 Å². The SMILES string of the molecule is CN(CCNCC(F)(F)F)CC(F)(F)F. The lowest BCUT2D eigenvalue weighted by atomic mass is 10.5. The van der Waals surface area contributed by atoms with Gasteiger partial charge in [0.2, 0.25) is 0 Å². The maximum absolute atomic E-state index is 11.8. The number of likely N-dealkylation sites (N-methyl/N-ethyl adjacent to an activating group) is 1. The molecule has 0 bridgehead atoms. The number of hydrogen-bond acceptors (Lipinski definition) is 2. The molecule has 0 aliphatic heterocycles. The number of halogens is 6. The van der Waals surface area contributed by atoms with Gasteiger partial charge in [-0.2, -0.15) is 26.3 Å². The summed E-state index contributed by atoms with van der Waals surface area (Å²) >= 11 is 0. The van der Waals surface area contributed by atoms with Crippen LogP contribution in [0, 0.1) is 0 Å². The molecule has 92 valence electrons. The van der Waals surface area contributed by atoms with Crippen LogP contribution in [0.1, 0.15) is 0 Å². The molecule has 0 aliphatic rings. The lowest BCUT2D eigenvalue weighted by Gasteiger charge is -2.18. The third kappa shape index (κ3) is 11.4. The van der Waals surface area contributed by atoms with Crippen molar-refractivity contribution in [1.82, 2.24) is 10.2 Å². The normalized spacial score (nSPS) is 13.6. The molecule has 8 heteroatoms. The highest BCUT2D eigenvalue weighted by molar-refractivity contribution is 4.62. The fourth-order valence-electron chi connectivity index (χ4n) is 0.885. The zero-order chi connectivity index (χ0) is 12.1. The van der Waals surface area contributed by atoms with Crippen molar-refractivity contribution in [3.05, 3.63) is 0 Å². The summed E-state index contributed by atoms with van der Waals surface area (Å²) in [6.07, 6.45) is -8.65. The van der Waals surface area contributed by atoms with Gasteiger partial charge in [0.15, 0.2) is 0 Å². The fourth-order valence-corrected chi connectivity index (χ4v) is 0.885. The number of alkyl halides is 6. The first-order valence-electron chi connectivity index (χ1n) is 4.13. The molecule has 0 fully saturated rings. The lowest BCUT2D eigenvalue weighted by molar-refractivity contribution is -0.143. The van der Waals surface area contributed by atoms with Crippen molar-refractivity contribution in [3.8, 4) is 0 Å². The van der Waals surface area contributed by atoms with Crippen LogP contribution in [0.25, 0.3) is 0 Å². The summed E-state index contributed by atoms with van der Waals surface area (Å²) in [6.45, 7) is -2.53. The Bertz CT molecular complexity index is 175. The summed E-state index contributed by atoms with van der Waals surface area (Å²) in [5, 5.41) is 2.01. The summed E-state index contributed by atoms with van der Waals surface area (Å²) in [4.78, 5) is 0.906. The quantitative estimate of drug-likeness (QED) is 0.578. The Morgan fingerprint density at radius 3 is 1.93 bits per heavy atom. The third-order valence-corrected chi connectivity index (χ3v) is 1.44. The van der Waals surface area contributed by atoms with E-state index >= 15 is 0 Å². The van der Waals surface area contributed by atoms with E-state index in [1.54, 1.807) is 0 Å². The van der Waals surface area contributed by atoms with Gasteiger partial charge >= 0.3 is 12.4 Å². The molecule has 0 unspecified atom stereocenters. The van der Waals surface area contributed by atoms with E-state index in [2.05, 4.69) is 0 Å². The van der Waals surface area contributed by atoms with Crippen LogP contribution in [0.4, 0.5) is 26.3 Å². The van der Waals surface area contributed by atoms with Crippen LogP contribution in [0.15, 0.2) is 0 Å². The van der Waals surface area contributed by atoms with Gasteiger partial charge in [0.1, 0.15) is 0 Å². The van der Waals surface area contributed by atoms with E-state index in [1.165, 1.54) is 7.05 Å². The van der Waals surface area contributed by atoms with Crippen LogP contribution in [-0.4, -0.2) is 50.5 Å². The van der Waals surface area contributed by atoms with Gasteiger partial charge in [-0.3, -0.25) is 4.90 Å². The average Bonchev–Trinajstić information content (AvgIpc) is 1.92. The second-order valence-corrected chi connectivity index (χ2v) is 3.14. The molecule has 1 N–H and O–H groups in total. The van der Waals surface area contributed by atoms with Gasteiger partial charge in [0, 0.05) is 13.1 Å². The Balaban J connectivity index is 3.52. The molecule has 15 heavy (non-hydrogen) atoms. The molecule has 0 saturated carbocycles. The Hall–Kier alpha value is -0.500. The van der Waals surface area contributed by atoms with Crippen molar-refractivity contribution in [2.45, 2.75) is 12.4 Å². The van der Waals surface area contributed by atoms with E-state index in [0.29, 0.717) is 0 Å². The highest BCUT2D eigenvalue weighted by Gasteiger charge is 2.29. The van der Waals surface area contributed by atoms with Crippen LogP contribution >= 0.6 is 0 Å². The Morgan fingerprint density at radius 1 is 1.00 bits per heavy atom. The fraction of sp³-hybridized carbons (Fsp3) is 1.00. The van der Waals surface area contributed by atoms with E-state index in [1.807, 2.05) is 5.32 Å². The summed E-state index contributed by atoms with van der Waals surface area (Å²) in [5.74, 6) is 0. The maximum Gasteiger partial charge on any atom is 0.401 e. The molecule has 0 aromatic heterocycles. The van der Waals surface area contributed by atoms with E-state index < -0.39 is 25.4 Å². The van der Waals surface area contributed by atoms with Gasteiger partial charge < -0.3 is 5.32 Å². The van der Waals surface area contributed by atoms with Crippen molar-refractivity contribution in [3.63, 3.8) is 0 Å². The summed E-state index contributed by atoms with van der Waals surface area (Å²) in [6, 6.07) is 0. The third-order valence-electron chi connectivity index (χ3n) is 1.44. The van der Waals surface area contributed by atoms with Gasteiger partial charge in [0.05, 0.1) is 13.1 Å². The summed E-state index contributed by atoms with van der Waals surface area (Å²) in [5.41, 5.74) is 0. The molecule has 0 atom stereocenters. The Labute approximate surface area is 83.2 Å². The maximum atomic E-state index is 11.8. The molecule has 0 amide bonds. The molecule has 0 spiro atoms. The number of nitrogens with one attached hydrogen (secondary N) is 1. The van der Waals surface area contributed by atoms with E-state index in [0.717, 1.165) is 4.90 Å². The number of hydrogen-bond donors (Lipinski definition) is 1. The average molecular weight is 238 g/mol. The van der Waals surface area contributed by atoms with Gasteiger partial charge in [-0.05, 0) is 7.05 Å². The predicted molar refractivity (Wildman–Crippen MR) is 42.5 cm³/mol. The minimum Gasteiger partial charge on any atom is -0.307 e. The molecule has 0 aliphatic carbocycles. The van der Waals surface area contributed by atoms with Crippen molar-refractivity contribution in [2.24, 2.45) is 0 Å². The van der Waals surface area contributed by atoms with Crippen LogP contribution in [0.3, 0.4) is 0 Å². The van der Waals surface area contributed by atoms with Crippen molar-refractivity contribution >= 4 is 0 Å². The predicted octanol–water partition coefficient (Wildman–Crippen LogP) is 1.63. The molecule has 0 radical (unpaired) electrons. The highest BCUT2D eigenvalue weighted by atomic mass is 19.4. The van der Waals surface area contributed by atoms with Crippen molar-refractivity contribution < 1.29 is 26.3 Å². The molecule has 2 nitrogen and oxygen atoms in total. The molecule has 0 heterocycles. The van der Waals surface area contributed by atoms with Gasteiger partial charge in [-0.15, -0.1) is 0 Å². The Morgan fingerprint density at radius 2 is 1.53 bits per heavy atom. The van der Waals surface area contributed by atoms with Crippen LogP contribution in [-0.2, 0) is 0 Å². The van der Waals surface area contributed by atoms with E-state index in [9.17, 15) is 26.3 Å². The molecular formula is C7H12F6N2. The topological polar surface area (TPSA) is 15.3 Å². The first-order valence-corrected chi connectivity index (χ1v) is 4.13. The number of nitrogens with zero attached hydrogens (tertiary/aromatic N) is 1. The zero-order valence-electron chi connectivity index (χ0n) is 8.04. The first-order chi connectivity index (χ1) is 6.60. The second kappa shape index (κ2) is 5.55. The van der Waals surface area contributed by atoms with E-state index in [4.69, 9.17) is 0 Å². The monoisotopic (exact) mass is 238 g/mol. The molecule has 0 aromatic rings. The van der Waals surface area contributed by atoms with Crippen molar-refractivity contribution in [2.75, 3.05) is 33.2 Å². The molecule has 0 saturated heterocycles. The summed E-state index contributed by atoms with van der Waals surface area (Å²) < 4.78 is 70.1. The standard InChI is InChI=1S/C7H12F6N2/c1-15(5-7(11,12)13)3-2-14-4-6(8,9)10/h14H,2-5H2,1H3.